The summed E-state index contributed by atoms with van der Waals surface area (Å²) in [4.78, 5) is 7.18. The van der Waals surface area contributed by atoms with E-state index in [9.17, 15) is 13.2 Å². The van der Waals surface area contributed by atoms with Crippen LogP contribution in [0.25, 0.3) is 0 Å². The molecule has 5 nitrogen and oxygen atoms in total. The number of hydrogen-bond donors (Lipinski definition) is 3. The summed E-state index contributed by atoms with van der Waals surface area (Å²) in [6.07, 6.45) is -3.41. The van der Waals surface area contributed by atoms with Crippen molar-refractivity contribution in [1.82, 2.24) is 20.6 Å². The summed E-state index contributed by atoms with van der Waals surface area (Å²) < 4.78 is 37.8. The van der Waals surface area contributed by atoms with Crippen molar-refractivity contribution in [3.63, 3.8) is 0 Å². The topological polar surface area (TPSA) is 56.0 Å². The first-order valence-electron chi connectivity index (χ1n) is 5.13. The van der Waals surface area contributed by atoms with Crippen molar-refractivity contribution >= 4 is 23.1 Å². The van der Waals surface area contributed by atoms with Gasteiger partial charge >= 0.3 is 6.18 Å². The Bertz CT molecular complexity index is 403. The summed E-state index contributed by atoms with van der Waals surface area (Å²) in [5, 5.41) is 6.00. The van der Waals surface area contributed by atoms with Crippen LogP contribution in [0.2, 0.25) is 0 Å². The molecule has 0 aliphatic heterocycles. The quantitative estimate of drug-likeness (QED) is 0.718. The molecule has 0 saturated heterocycles. The zero-order valence-corrected chi connectivity index (χ0v) is 10.7. The zero-order valence-electron chi connectivity index (χ0n) is 9.93. The van der Waals surface area contributed by atoms with E-state index in [0.29, 0.717) is 18.2 Å². The summed E-state index contributed by atoms with van der Waals surface area (Å²) in [5.41, 5.74) is -0.846. The molecule has 0 amide bonds. The summed E-state index contributed by atoms with van der Waals surface area (Å²) in [5.74, 6) is -0.125. The first kappa shape index (κ1) is 14.6. The van der Waals surface area contributed by atoms with Gasteiger partial charge in [-0.2, -0.15) is 13.2 Å². The van der Waals surface area contributed by atoms with Crippen molar-refractivity contribution in [2.45, 2.75) is 6.18 Å². The number of aromatic amines is 1. The molecule has 1 rings (SSSR count). The molecule has 0 saturated carbocycles. The first-order valence-corrected chi connectivity index (χ1v) is 5.54. The number of H-pyrrole nitrogens is 1. The lowest BCUT2D eigenvalue weighted by molar-refractivity contribution is -0.140. The molecular formula is C9H14F3N5S. The van der Waals surface area contributed by atoms with E-state index >= 15 is 0 Å². The monoisotopic (exact) mass is 281 g/mol. The second-order valence-corrected chi connectivity index (χ2v) is 3.93. The van der Waals surface area contributed by atoms with Crippen LogP contribution in [0.3, 0.4) is 0 Å². The molecule has 102 valence electrons. The van der Waals surface area contributed by atoms with Gasteiger partial charge in [0.05, 0.1) is 6.33 Å². The molecule has 0 aromatic carbocycles. The lowest BCUT2D eigenvalue weighted by Crippen LogP contribution is -2.38. The second-order valence-electron chi connectivity index (χ2n) is 3.53. The molecule has 3 N–H and O–H groups in total. The van der Waals surface area contributed by atoms with Gasteiger partial charge in [-0.3, -0.25) is 0 Å². The summed E-state index contributed by atoms with van der Waals surface area (Å²) >= 11 is 4.85. The van der Waals surface area contributed by atoms with Gasteiger partial charge < -0.3 is 20.5 Å². The highest BCUT2D eigenvalue weighted by molar-refractivity contribution is 7.80. The molecule has 0 unspecified atom stereocenters. The number of halogens is 3. The minimum absolute atomic E-state index is 0.125. The lowest BCUT2D eigenvalue weighted by Gasteiger charge is -2.19. The van der Waals surface area contributed by atoms with Crippen LogP contribution in [0.4, 0.5) is 19.0 Å². The maximum Gasteiger partial charge on any atom is 0.434 e. The Kier molecular flexibility index (Phi) is 4.76. The third kappa shape index (κ3) is 3.76. The smallest absolute Gasteiger partial charge is 0.366 e. The van der Waals surface area contributed by atoms with E-state index in [2.05, 4.69) is 20.6 Å². The molecule has 0 atom stereocenters. The summed E-state index contributed by atoms with van der Waals surface area (Å²) in [7, 11) is 3.20. The number of thiocarbonyl (C=S) groups is 1. The van der Waals surface area contributed by atoms with Gasteiger partial charge in [-0.15, -0.1) is 0 Å². The van der Waals surface area contributed by atoms with E-state index < -0.39 is 11.9 Å². The molecule has 1 aromatic rings. The SMILES string of the molecule is CNC(=S)NCCN(C)c1nc[nH]c1C(F)(F)F. The Labute approximate surface area is 108 Å². The molecular weight excluding hydrogens is 267 g/mol. The Hall–Kier alpha value is -1.51. The standard InChI is InChI=1S/C9H14F3N5S/c1-13-8(18)14-3-4-17(2)7-6(9(10,11)12)15-5-16-7/h5H,3-4H2,1-2H3,(H,15,16)(H2,13,14,18). The van der Waals surface area contributed by atoms with E-state index in [1.165, 1.54) is 11.9 Å². The number of likely N-dealkylation sites (N-methyl/N-ethyl adjacent to an activating group) is 1. The molecule has 0 radical (unpaired) electrons. The molecule has 1 aromatic heterocycles. The van der Waals surface area contributed by atoms with Crippen molar-refractivity contribution in [1.29, 1.82) is 0 Å². The van der Waals surface area contributed by atoms with E-state index in [1.54, 1.807) is 7.05 Å². The molecule has 18 heavy (non-hydrogen) atoms. The lowest BCUT2D eigenvalue weighted by atomic mass is 10.4. The number of anilines is 1. The van der Waals surface area contributed by atoms with Crippen molar-refractivity contribution in [2.24, 2.45) is 0 Å². The molecule has 1 heterocycles. The minimum atomic E-state index is -4.44. The van der Waals surface area contributed by atoms with E-state index in [1.807, 2.05) is 0 Å². The van der Waals surface area contributed by atoms with Crippen LogP contribution in [0.15, 0.2) is 6.33 Å². The Morgan fingerprint density at radius 3 is 2.78 bits per heavy atom. The molecule has 0 aliphatic rings. The fourth-order valence-electron chi connectivity index (χ4n) is 1.32. The maximum absolute atomic E-state index is 12.6. The van der Waals surface area contributed by atoms with Crippen LogP contribution in [0.1, 0.15) is 5.69 Å². The second kappa shape index (κ2) is 5.89. The van der Waals surface area contributed by atoms with Gasteiger partial charge in [0.1, 0.15) is 0 Å². The number of hydrogen-bond acceptors (Lipinski definition) is 3. The third-order valence-electron chi connectivity index (χ3n) is 2.22. The normalized spacial score (nSPS) is 11.2. The Balaban J connectivity index is 2.60. The van der Waals surface area contributed by atoms with Crippen LogP contribution < -0.4 is 15.5 Å². The van der Waals surface area contributed by atoms with Gasteiger partial charge in [-0.25, -0.2) is 4.98 Å². The number of imidazole rings is 1. The fourth-order valence-corrected chi connectivity index (χ4v) is 1.42. The van der Waals surface area contributed by atoms with Crippen molar-refractivity contribution in [3.05, 3.63) is 12.0 Å². The Morgan fingerprint density at radius 1 is 1.56 bits per heavy atom. The van der Waals surface area contributed by atoms with E-state index in [0.717, 1.165) is 6.33 Å². The predicted octanol–water partition coefficient (Wildman–Crippen LogP) is 0.959. The number of aromatic nitrogens is 2. The number of nitrogens with one attached hydrogen (secondary N) is 3. The van der Waals surface area contributed by atoms with Gasteiger partial charge in [0.15, 0.2) is 16.6 Å². The van der Waals surface area contributed by atoms with Crippen molar-refractivity contribution in [3.8, 4) is 0 Å². The van der Waals surface area contributed by atoms with Crippen LogP contribution >= 0.6 is 12.2 Å². The molecule has 9 heteroatoms. The highest BCUT2D eigenvalue weighted by Crippen LogP contribution is 2.33. The van der Waals surface area contributed by atoms with Crippen molar-refractivity contribution < 1.29 is 13.2 Å². The largest absolute Gasteiger partial charge is 0.434 e. The van der Waals surface area contributed by atoms with E-state index in [-0.39, 0.29) is 5.82 Å². The van der Waals surface area contributed by atoms with Gasteiger partial charge in [-0.05, 0) is 12.2 Å². The fraction of sp³-hybridized carbons (Fsp3) is 0.556. The number of nitrogens with zero attached hydrogens (tertiary/aromatic N) is 2. The Morgan fingerprint density at radius 2 is 2.22 bits per heavy atom. The number of rotatable bonds is 4. The maximum atomic E-state index is 12.6. The first-order chi connectivity index (χ1) is 8.36. The highest BCUT2D eigenvalue weighted by atomic mass is 32.1. The molecule has 0 aliphatic carbocycles. The van der Waals surface area contributed by atoms with Crippen LogP contribution in [0.5, 0.6) is 0 Å². The van der Waals surface area contributed by atoms with Crippen LogP contribution in [0, 0.1) is 0 Å². The highest BCUT2D eigenvalue weighted by Gasteiger charge is 2.36. The van der Waals surface area contributed by atoms with Gasteiger partial charge in [0.2, 0.25) is 0 Å². The third-order valence-corrected chi connectivity index (χ3v) is 2.57. The van der Waals surface area contributed by atoms with Gasteiger partial charge in [0, 0.05) is 27.2 Å². The summed E-state index contributed by atoms with van der Waals surface area (Å²) in [6, 6.07) is 0. The summed E-state index contributed by atoms with van der Waals surface area (Å²) in [6.45, 7) is 0.760. The van der Waals surface area contributed by atoms with Crippen LogP contribution in [-0.4, -0.2) is 42.3 Å². The molecule has 0 bridgehead atoms. The number of alkyl halides is 3. The molecule has 0 spiro atoms. The average molecular weight is 281 g/mol. The minimum Gasteiger partial charge on any atom is -0.366 e. The predicted molar refractivity (Wildman–Crippen MR) is 66.5 cm³/mol. The average Bonchev–Trinajstić information content (AvgIpc) is 2.77. The van der Waals surface area contributed by atoms with Crippen molar-refractivity contribution in [2.75, 3.05) is 32.1 Å². The zero-order chi connectivity index (χ0) is 13.8. The van der Waals surface area contributed by atoms with Gasteiger partial charge in [0.25, 0.3) is 0 Å². The van der Waals surface area contributed by atoms with E-state index in [4.69, 9.17) is 12.2 Å². The van der Waals surface area contributed by atoms with Gasteiger partial charge in [-0.1, -0.05) is 0 Å². The molecule has 0 fully saturated rings. The van der Waals surface area contributed by atoms with Crippen LogP contribution in [-0.2, 0) is 6.18 Å².